The second-order valence-electron chi connectivity index (χ2n) is 4.09. The van der Waals surface area contributed by atoms with E-state index in [1.54, 1.807) is 0 Å². The molecule has 0 amide bonds. The van der Waals surface area contributed by atoms with Crippen LogP contribution < -0.4 is 4.74 Å². The quantitative estimate of drug-likeness (QED) is 0.649. The Kier molecular flexibility index (Phi) is 1.78. The van der Waals surface area contributed by atoms with E-state index in [1.165, 1.54) is 6.07 Å². The van der Waals surface area contributed by atoms with Crippen LogP contribution in [0.15, 0.2) is 12.3 Å². The van der Waals surface area contributed by atoms with E-state index in [1.807, 2.05) is 0 Å². The first kappa shape index (κ1) is 8.83. The van der Waals surface area contributed by atoms with Crippen molar-refractivity contribution in [1.29, 1.82) is 0 Å². The van der Waals surface area contributed by atoms with Gasteiger partial charge in [0.2, 0.25) is 5.88 Å². The van der Waals surface area contributed by atoms with Crippen molar-refractivity contribution in [3.63, 3.8) is 0 Å². The molecule has 1 aromatic rings. The van der Waals surface area contributed by atoms with Crippen molar-refractivity contribution in [2.24, 2.45) is 5.92 Å². The Bertz CT molecular complexity index is 433. The topological polar surface area (TPSA) is 39.2 Å². The van der Waals surface area contributed by atoms with Crippen LogP contribution in [0.3, 0.4) is 0 Å². The number of aromatic nitrogens is 1. The lowest BCUT2D eigenvalue weighted by atomic mass is 9.69. The summed E-state index contributed by atoms with van der Waals surface area (Å²) in [7, 11) is 0. The molecule has 3 nitrogen and oxygen atoms in total. The number of pyridine rings is 1. The monoisotopic (exact) mass is 207 g/mol. The van der Waals surface area contributed by atoms with Crippen molar-refractivity contribution in [3.05, 3.63) is 23.6 Å². The van der Waals surface area contributed by atoms with Crippen molar-refractivity contribution in [2.45, 2.75) is 18.8 Å². The summed E-state index contributed by atoms with van der Waals surface area (Å²) in [6.07, 6.45) is 2.95. The summed E-state index contributed by atoms with van der Waals surface area (Å²) >= 11 is 0. The standard InChI is InChI=1S/C11H10FNO2/c12-6-3-9-7-1-2-8(7)10(14)5-15-11(9)13-4-6/h3-4,7-8H,1-2,5H2/t7?,8-/m0/s1. The van der Waals surface area contributed by atoms with Crippen LogP contribution in [0.1, 0.15) is 24.3 Å². The van der Waals surface area contributed by atoms with Gasteiger partial charge in [-0.3, -0.25) is 4.79 Å². The molecule has 1 aliphatic carbocycles. The van der Waals surface area contributed by atoms with Gasteiger partial charge in [0, 0.05) is 11.5 Å². The Labute approximate surface area is 86.3 Å². The minimum atomic E-state index is -0.364. The fourth-order valence-corrected chi connectivity index (χ4v) is 2.33. The van der Waals surface area contributed by atoms with E-state index >= 15 is 0 Å². The van der Waals surface area contributed by atoms with Gasteiger partial charge in [0.25, 0.3) is 0 Å². The Morgan fingerprint density at radius 1 is 1.40 bits per heavy atom. The molecule has 0 spiro atoms. The molecule has 1 fully saturated rings. The third-order valence-electron chi connectivity index (χ3n) is 3.28. The van der Waals surface area contributed by atoms with Crippen LogP contribution in [0.25, 0.3) is 0 Å². The zero-order valence-electron chi connectivity index (χ0n) is 8.07. The molecule has 1 saturated carbocycles. The molecule has 1 unspecified atom stereocenters. The van der Waals surface area contributed by atoms with Crippen molar-refractivity contribution < 1.29 is 13.9 Å². The lowest BCUT2D eigenvalue weighted by Crippen LogP contribution is -2.31. The summed E-state index contributed by atoms with van der Waals surface area (Å²) in [5, 5.41) is 0. The average Bonchev–Trinajstić information content (AvgIpc) is 2.22. The van der Waals surface area contributed by atoms with Crippen LogP contribution in [0.5, 0.6) is 5.88 Å². The summed E-state index contributed by atoms with van der Waals surface area (Å²) in [6.45, 7) is 0.0762. The number of rotatable bonds is 0. The van der Waals surface area contributed by atoms with Gasteiger partial charge in [-0.2, -0.15) is 0 Å². The normalized spacial score (nSPS) is 28.2. The van der Waals surface area contributed by atoms with E-state index in [4.69, 9.17) is 4.74 Å². The zero-order valence-corrected chi connectivity index (χ0v) is 8.07. The van der Waals surface area contributed by atoms with Gasteiger partial charge in [-0.15, -0.1) is 0 Å². The zero-order chi connectivity index (χ0) is 10.4. The first-order valence-electron chi connectivity index (χ1n) is 5.06. The molecule has 78 valence electrons. The number of hydrogen-bond acceptors (Lipinski definition) is 3. The minimum absolute atomic E-state index is 0.0230. The van der Waals surface area contributed by atoms with E-state index < -0.39 is 0 Å². The van der Waals surface area contributed by atoms with Gasteiger partial charge in [-0.25, -0.2) is 9.37 Å². The van der Waals surface area contributed by atoms with E-state index in [9.17, 15) is 9.18 Å². The number of ketones is 1. The molecule has 0 radical (unpaired) electrons. The van der Waals surface area contributed by atoms with E-state index in [0.717, 1.165) is 24.6 Å². The molecule has 2 atom stereocenters. The molecular formula is C11H10FNO2. The maximum absolute atomic E-state index is 13.0. The summed E-state index contributed by atoms with van der Waals surface area (Å²) in [4.78, 5) is 15.5. The Hall–Kier alpha value is -1.45. The first-order chi connectivity index (χ1) is 7.25. The van der Waals surface area contributed by atoms with Gasteiger partial charge in [0.15, 0.2) is 5.78 Å². The fraction of sp³-hybridized carbons (Fsp3) is 0.455. The average molecular weight is 207 g/mol. The maximum Gasteiger partial charge on any atom is 0.217 e. The number of ether oxygens (including phenoxy) is 1. The van der Waals surface area contributed by atoms with Crippen LogP contribution in [-0.2, 0) is 4.79 Å². The maximum atomic E-state index is 13.0. The predicted octanol–water partition coefficient (Wildman–Crippen LogP) is 1.68. The molecule has 0 aromatic carbocycles. The fourth-order valence-electron chi connectivity index (χ4n) is 2.33. The van der Waals surface area contributed by atoms with Gasteiger partial charge in [-0.1, -0.05) is 0 Å². The number of nitrogens with zero attached hydrogens (tertiary/aromatic N) is 1. The van der Waals surface area contributed by atoms with Crippen LogP contribution in [0, 0.1) is 11.7 Å². The predicted molar refractivity (Wildman–Crippen MR) is 50.2 cm³/mol. The smallest absolute Gasteiger partial charge is 0.217 e. The molecular weight excluding hydrogens is 197 g/mol. The molecule has 1 aromatic heterocycles. The summed E-state index contributed by atoms with van der Waals surface area (Å²) in [5.41, 5.74) is 0.761. The third-order valence-corrected chi connectivity index (χ3v) is 3.28. The van der Waals surface area contributed by atoms with Gasteiger partial charge in [0.1, 0.15) is 12.4 Å². The molecule has 3 rings (SSSR count). The third kappa shape index (κ3) is 1.24. The van der Waals surface area contributed by atoms with Crippen LogP contribution in [0.4, 0.5) is 4.39 Å². The molecule has 4 heteroatoms. The Morgan fingerprint density at radius 3 is 2.93 bits per heavy atom. The highest BCUT2D eigenvalue weighted by Crippen LogP contribution is 2.47. The van der Waals surface area contributed by atoms with Crippen LogP contribution in [-0.4, -0.2) is 17.4 Å². The summed E-state index contributed by atoms with van der Waals surface area (Å²) in [5.74, 6) is 0.326. The second-order valence-corrected chi connectivity index (χ2v) is 4.09. The number of carbonyl (C=O) groups is 1. The summed E-state index contributed by atoms with van der Waals surface area (Å²) in [6, 6.07) is 1.44. The number of carbonyl (C=O) groups excluding carboxylic acids is 1. The number of fused-ring (bicyclic) bond motifs is 3. The lowest BCUT2D eigenvalue weighted by Gasteiger charge is -2.33. The highest BCUT2D eigenvalue weighted by molar-refractivity contribution is 5.85. The van der Waals surface area contributed by atoms with Crippen molar-refractivity contribution in [1.82, 2.24) is 4.98 Å². The van der Waals surface area contributed by atoms with E-state index in [0.29, 0.717) is 5.88 Å². The second kappa shape index (κ2) is 3.02. The lowest BCUT2D eigenvalue weighted by molar-refractivity contribution is -0.127. The van der Waals surface area contributed by atoms with Crippen molar-refractivity contribution in [3.8, 4) is 5.88 Å². The van der Waals surface area contributed by atoms with Gasteiger partial charge in [-0.05, 0) is 24.8 Å². The van der Waals surface area contributed by atoms with Crippen LogP contribution >= 0.6 is 0 Å². The highest BCUT2D eigenvalue weighted by Gasteiger charge is 2.41. The molecule has 2 heterocycles. The molecule has 0 saturated heterocycles. The minimum Gasteiger partial charge on any atom is -0.469 e. The first-order valence-corrected chi connectivity index (χ1v) is 5.06. The highest BCUT2D eigenvalue weighted by atomic mass is 19.1. The van der Waals surface area contributed by atoms with E-state index in [-0.39, 0.29) is 30.0 Å². The van der Waals surface area contributed by atoms with Crippen LogP contribution in [0.2, 0.25) is 0 Å². The molecule has 0 N–H and O–H groups in total. The van der Waals surface area contributed by atoms with Gasteiger partial charge >= 0.3 is 0 Å². The molecule has 1 aliphatic heterocycles. The Morgan fingerprint density at radius 2 is 2.20 bits per heavy atom. The van der Waals surface area contributed by atoms with E-state index in [2.05, 4.69) is 4.98 Å². The number of halogens is 1. The van der Waals surface area contributed by atoms with Crippen molar-refractivity contribution >= 4 is 5.78 Å². The van der Waals surface area contributed by atoms with Crippen molar-refractivity contribution in [2.75, 3.05) is 6.61 Å². The molecule has 15 heavy (non-hydrogen) atoms. The SMILES string of the molecule is O=C1COc2ncc(F)cc2C2CC[C@H]12. The van der Waals surface area contributed by atoms with Gasteiger partial charge in [0.05, 0.1) is 6.20 Å². The molecule has 2 aliphatic rings. The van der Waals surface area contributed by atoms with Gasteiger partial charge < -0.3 is 4.74 Å². The number of hydrogen-bond donors (Lipinski definition) is 0. The largest absolute Gasteiger partial charge is 0.469 e. The summed E-state index contributed by atoms with van der Waals surface area (Å²) < 4.78 is 18.3. The number of Topliss-reactive ketones (excluding diaryl/α,β-unsaturated/α-hetero) is 1. The molecule has 0 bridgehead atoms. The Balaban J connectivity index is 2.08.